The van der Waals surface area contributed by atoms with Crippen molar-refractivity contribution in [3.63, 3.8) is 0 Å². The SMILES string of the molecule is CCCC1=CI=C(C/C=C\C[C@H](C)CCC)C=C1. The third kappa shape index (κ3) is 6.67. The third-order valence-electron chi connectivity index (χ3n) is 3.15. The highest BCUT2D eigenvalue weighted by Gasteiger charge is 1.99. The fourth-order valence-corrected chi connectivity index (χ4v) is 4.30. The van der Waals surface area contributed by atoms with E-state index in [-0.39, 0.29) is 20.7 Å². The predicted octanol–water partition coefficient (Wildman–Crippen LogP) is 6.16. The van der Waals surface area contributed by atoms with Crippen molar-refractivity contribution in [1.29, 1.82) is 0 Å². The molecule has 0 aromatic carbocycles. The molecule has 1 heterocycles. The number of halogens is 1. The van der Waals surface area contributed by atoms with Crippen molar-refractivity contribution in [2.24, 2.45) is 5.92 Å². The van der Waals surface area contributed by atoms with Gasteiger partial charge in [-0.3, -0.25) is 0 Å². The summed E-state index contributed by atoms with van der Waals surface area (Å²) < 4.78 is 4.17. The van der Waals surface area contributed by atoms with Crippen LogP contribution in [0.1, 0.15) is 59.3 Å². The Kier molecular flexibility index (Phi) is 8.57. The lowest BCUT2D eigenvalue weighted by atomic mass is 10.0. The van der Waals surface area contributed by atoms with Crippen molar-refractivity contribution in [2.75, 3.05) is 0 Å². The highest BCUT2D eigenvalue weighted by Crippen LogP contribution is 2.21. The Bertz CT molecular complexity index is 345. The van der Waals surface area contributed by atoms with Gasteiger partial charge >= 0.3 is 0 Å². The molecule has 1 aliphatic heterocycles. The molecule has 0 spiro atoms. The van der Waals surface area contributed by atoms with Gasteiger partial charge in [0.15, 0.2) is 0 Å². The number of allylic oxidation sites excluding steroid dienone is 5. The fraction of sp³-hybridized carbons (Fsp3) is 0.588. The maximum Gasteiger partial charge on any atom is -0.00431 e. The van der Waals surface area contributed by atoms with Gasteiger partial charge < -0.3 is 0 Å². The molecule has 0 unspecified atom stereocenters. The molecule has 0 N–H and O–H groups in total. The Morgan fingerprint density at radius 2 is 2.00 bits per heavy atom. The Labute approximate surface area is 123 Å². The van der Waals surface area contributed by atoms with Gasteiger partial charge in [-0.1, -0.05) is 85.1 Å². The second-order valence-electron chi connectivity index (χ2n) is 5.13. The van der Waals surface area contributed by atoms with Gasteiger partial charge in [0.2, 0.25) is 0 Å². The van der Waals surface area contributed by atoms with Crippen molar-refractivity contribution in [2.45, 2.75) is 59.3 Å². The molecule has 0 nitrogen and oxygen atoms in total. The molecule has 0 aliphatic carbocycles. The van der Waals surface area contributed by atoms with Crippen LogP contribution in [0.25, 0.3) is 0 Å². The molecule has 0 aromatic rings. The number of rotatable bonds is 8. The molecule has 1 atom stereocenters. The minimum atomic E-state index is 0.172. The molecule has 1 aliphatic rings. The van der Waals surface area contributed by atoms with Crippen LogP contribution >= 0.6 is 20.7 Å². The van der Waals surface area contributed by atoms with Crippen LogP contribution in [-0.2, 0) is 0 Å². The topological polar surface area (TPSA) is 0 Å². The minimum Gasteiger partial charge on any atom is -0.0895 e. The molecule has 0 saturated heterocycles. The van der Waals surface area contributed by atoms with Crippen molar-refractivity contribution in [1.82, 2.24) is 0 Å². The van der Waals surface area contributed by atoms with Gasteiger partial charge in [-0.15, -0.1) is 0 Å². The molecule has 0 saturated carbocycles. The summed E-state index contributed by atoms with van der Waals surface area (Å²) in [7, 11) is 0. The van der Waals surface area contributed by atoms with E-state index < -0.39 is 0 Å². The van der Waals surface area contributed by atoms with Gasteiger partial charge in [0.1, 0.15) is 0 Å². The van der Waals surface area contributed by atoms with E-state index in [0.717, 1.165) is 5.92 Å². The monoisotopic (exact) mass is 358 g/mol. The maximum absolute atomic E-state index is 2.51. The molecule has 102 valence electrons. The summed E-state index contributed by atoms with van der Waals surface area (Å²) in [6, 6.07) is 0. The van der Waals surface area contributed by atoms with Gasteiger partial charge in [0, 0.05) is 0 Å². The van der Waals surface area contributed by atoms with E-state index in [2.05, 4.69) is 49.2 Å². The van der Waals surface area contributed by atoms with Gasteiger partial charge in [0.25, 0.3) is 0 Å². The molecule has 0 radical (unpaired) electrons. The highest BCUT2D eigenvalue weighted by atomic mass is 127. The van der Waals surface area contributed by atoms with Crippen LogP contribution in [0.4, 0.5) is 0 Å². The summed E-state index contributed by atoms with van der Waals surface area (Å²) in [5.41, 5.74) is 1.56. The Morgan fingerprint density at radius 1 is 1.17 bits per heavy atom. The largest absolute Gasteiger partial charge is 0.0895 e. The Morgan fingerprint density at radius 3 is 2.61 bits per heavy atom. The number of hydrogen-bond acceptors (Lipinski definition) is 0. The van der Waals surface area contributed by atoms with Crippen LogP contribution in [0, 0.1) is 5.92 Å². The van der Waals surface area contributed by atoms with Gasteiger partial charge in [0.05, 0.1) is 0 Å². The van der Waals surface area contributed by atoms with Crippen molar-refractivity contribution < 1.29 is 0 Å². The quantitative estimate of drug-likeness (QED) is 0.360. The summed E-state index contributed by atoms with van der Waals surface area (Å²) in [5, 5.41) is 0. The average Bonchev–Trinajstić information content (AvgIpc) is 2.37. The smallest absolute Gasteiger partial charge is 0.00431 e. The molecule has 0 amide bonds. The second-order valence-corrected chi connectivity index (χ2v) is 7.76. The molecule has 18 heavy (non-hydrogen) atoms. The van der Waals surface area contributed by atoms with E-state index in [1.165, 1.54) is 38.5 Å². The highest BCUT2D eigenvalue weighted by molar-refractivity contribution is 14.2. The van der Waals surface area contributed by atoms with E-state index in [4.69, 9.17) is 0 Å². The van der Waals surface area contributed by atoms with Crippen molar-refractivity contribution in [3.05, 3.63) is 34.0 Å². The third-order valence-corrected chi connectivity index (χ3v) is 5.86. The Balaban J connectivity index is 2.29. The zero-order valence-electron chi connectivity index (χ0n) is 12.1. The van der Waals surface area contributed by atoms with Crippen molar-refractivity contribution >= 4 is 24.2 Å². The first-order valence-corrected chi connectivity index (χ1v) is 9.60. The predicted molar refractivity (Wildman–Crippen MR) is 93.6 cm³/mol. The van der Waals surface area contributed by atoms with Crippen molar-refractivity contribution in [3.8, 4) is 0 Å². The van der Waals surface area contributed by atoms with Crippen LogP contribution in [0.3, 0.4) is 0 Å². The van der Waals surface area contributed by atoms with E-state index in [0.29, 0.717) is 0 Å². The lowest BCUT2D eigenvalue weighted by molar-refractivity contribution is 0.532. The minimum absolute atomic E-state index is 0.172. The van der Waals surface area contributed by atoms with Crippen LogP contribution < -0.4 is 0 Å². The summed E-state index contributed by atoms with van der Waals surface area (Å²) in [6.45, 7) is 6.88. The first-order chi connectivity index (χ1) is 8.76. The molecular weight excluding hydrogens is 331 g/mol. The summed E-state index contributed by atoms with van der Waals surface area (Å²) in [4.78, 5) is 0. The summed E-state index contributed by atoms with van der Waals surface area (Å²) in [5.74, 6) is 0.851. The lowest BCUT2D eigenvalue weighted by Gasteiger charge is -2.06. The first kappa shape index (κ1) is 15.9. The zero-order valence-corrected chi connectivity index (χ0v) is 14.2. The molecular formula is C17H27I. The average molecular weight is 358 g/mol. The molecule has 0 bridgehead atoms. The van der Waals surface area contributed by atoms with Gasteiger partial charge in [-0.05, 0) is 38.3 Å². The van der Waals surface area contributed by atoms with E-state index in [9.17, 15) is 0 Å². The molecule has 0 fully saturated rings. The molecule has 0 aromatic heterocycles. The second kappa shape index (κ2) is 9.71. The normalized spacial score (nSPS) is 17.3. The van der Waals surface area contributed by atoms with Crippen LogP contribution in [0.2, 0.25) is 0 Å². The molecule has 1 heteroatoms. The fourth-order valence-electron chi connectivity index (χ4n) is 2.08. The summed E-state index contributed by atoms with van der Waals surface area (Å²) >= 11 is 0.172. The Hall–Kier alpha value is -0.180. The zero-order chi connectivity index (χ0) is 13.2. The maximum atomic E-state index is 2.51. The van der Waals surface area contributed by atoms with Gasteiger partial charge in [-0.2, -0.15) is 0 Å². The lowest BCUT2D eigenvalue weighted by Crippen LogP contribution is -1.93. The van der Waals surface area contributed by atoms with E-state index in [1.807, 2.05) is 0 Å². The van der Waals surface area contributed by atoms with Crippen LogP contribution in [-0.4, -0.2) is 3.51 Å². The number of hydrogen-bond donors (Lipinski definition) is 0. The molecule has 1 rings (SSSR count). The first-order valence-electron chi connectivity index (χ1n) is 7.27. The van der Waals surface area contributed by atoms with E-state index >= 15 is 0 Å². The van der Waals surface area contributed by atoms with Crippen LogP contribution in [0.5, 0.6) is 0 Å². The standard InChI is InChI=1S/C17H27I/c1-4-8-15(3)10-6-7-11-17-13-12-16(9-5-2)14-18-17/h6-7,12-15H,4-5,8-11H2,1-3H3/b7-6-/t15-/m1/s1. The van der Waals surface area contributed by atoms with E-state index in [1.54, 1.807) is 9.08 Å². The van der Waals surface area contributed by atoms with Crippen LogP contribution in [0.15, 0.2) is 34.0 Å². The summed E-state index contributed by atoms with van der Waals surface area (Å²) in [6.07, 6.45) is 17.1. The van der Waals surface area contributed by atoms with Gasteiger partial charge in [-0.25, -0.2) is 0 Å².